The lowest BCUT2D eigenvalue weighted by Gasteiger charge is -2.34. The molecule has 0 saturated carbocycles. The standard InChI is InChI=1S/C20H23N7O2/c28-18-16-6-2-1-5-15(16)17(24-25-18)19(29)21-9-4-10-26-11-13-27(14-12-26)20-22-7-3-8-23-20/h1-3,5-8H,4,9-14H2,(H,21,29)(H,25,28). The van der Waals surface area contributed by atoms with Gasteiger partial charge in [0, 0.05) is 50.5 Å². The third-order valence-electron chi connectivity index (χ3n) is 5.06. The van der Waals surface area contributed by atoms with Gasteiger partial charge in [0.15, 0.2) is 5.69 Å². The van der Waals surface area contributed by atoms with Crippen LogP contribution in [0, 0.1) is 0 Å². The van der Waals surface area contributed by atoms with Crippen LogP contribution in [0.25, 0.3) is 10.8 Å². The summed E-state index contributed by atoms with van der Waals surface area (Å²) in [7, 11) is 0. The molecule has 9 heteroatoms. The molecule has 3 heterocycles. The van der Waals surface area contributed by atoms with Crippen LogP contribution >= 0.6 is 0 Å². The molecule has 1 fully saturated rings. The van der Waals surface area contributed by atoms with E-state index in [0.29, 0.717) is 17.3 Å². The van der Waals surface area contributed by atoms with E-state index in [4.69, 9.17) is 0 Å². The van der Waals surface area contributed by atoms with Crippen molar-refractivity contribution in [3.8, 4) is 0 Å². The van der Waals surface area contributed by atoms with Gasteiger partial charge in [-0.25, -0.2) is 15.1 Å². The summed E-state index contributed by atoms with van der Waals surface area (Å²) < 4.78 is 0. The Hall–Kier alpha value is -3.33. The number of amides is 1. The number of nitrogens with one attached hydrogen (secondary N) is 2. The Morgan fingerprint density at radius 2 is 1.76 bits per heavy atom. The minimum atomic E-state index is -0.294. The molecule has 9 nitrogen and oxygen atoms in total. The largest absolute Gasteiger partial charge is 0.351 e. The van der Waals surface area contributed by atoms with Crippen molar-refractivity contribution in [3.63, 3.8) is 0 Å². The van der Waals surface area contributed by atoms with Crippen molar-refractivity contribution in [1.82, 2.24) is 30.4 Å². The van der Waals surface area contributed by atoms with Crippen LogP contribution in [0.5, 0.6) is 0 Å². The summed E-state index contributed by atoms with van der Waals surface area (Å²) in [5.74, 6) is 0.503. The van der Waals surface area contributed by atoms with Gasteiger partial charge >= 0.3 is 0 Å². The van der Waals surface area contributed by atoms with Crippen LogP contribution in [0.15, 0.2) is 47.5 Å². The molecule has 0 bridgehead atoms. The third-order valence-corrected chi connectivity index (χ3v) is 5.06. The SMILES string of the molecule is O=C(NCCCN1CCN(c2ncccn2)CC1)c1n[nH]c(=O)c2ccccc12. The first-order valence-corrected chi connectivity index (χ1v) is 9.72. The van der Waals surface area contributed by atoms with Crippen molar-refractivity contribution < 1.29 is 4.79 Å². The summed E-state index contributed by atoms with van der Waals surface area (Å²) >= 11 is 0. The van der Waals surface area contributed by atoms with Crippen molar-refractivity contribution >= 4 is 22.6 Å². The fourth-order valence-corrected chi connectivity index (χ4v) is 3.50. The molecule has 2 aromatic heterocycles. The Bertz CT molecular complexity index is 1030. The van der Waals surface area contributed by atoms with E-state index in [-0.39, 0.29) is 17.2 Å². The van der Waals surface area contributed by atoms with Gasteiger partial charge in [-0.05, 0) is 25.1 Å². The molecule has 1 saturated heterocycles. The van der Waals surface area contributed by atoms with Crippen LogP contribution in [0.1, 0.15) is 16.9 Å². The van der Waals surface area contributed by atoms with E-state index in [0.717, 1.165) is 45.1 Å². The molecule has 1 aliphatic heterocycles. The molecule has 2 N–H and O–H groups in total. The highest BCUT2D eigenvalue weighted by Gasteiger charge is 2.18. The topological polar surface area (TPSA) is 107 Å². The predicted molar refractivity (Wildman–Crippen MR) is 110 cm³/mol. The van der Waals surface area contributed by atoms with Crippen LogP contribution in [0.2, 0.25) is 0 Å². The Morgan fingerprint density at radius 1 is 1.03 bits per heavy atom. The molecule has 0 spiro atoms. The van der Waals surface area contributed by atoms with Crippen molar-refractivity contribution in [1.29, 1.82) is 0 Å². The number of piperazine rings is 1. The molecule has 0 atom stereocenters. The molecular weight excluding hydrogens is 370 g/mol. The zero-order valence-electron chi connectivity index (χ0n) is 16.0. The van der Waals surface area contributed by atoms with Gasteiger partial charge in [0.25, 0.3) is 11.5 Å². The number of hydrogen-bond donors (Lipinski definition) is 2. The second-order valence-corrected chi connectivity index (χ2v) is 6.93. The maximum atomic E-state index is 12.5. The summed E-state index contributed by atoms with van der Waals surface area (Å²) in [6.45, 7) is 5.13. The zero-order chi connectivity index (χ0) is 20.1. The molecule has 4 rings (SSSR count). The van der Waals surface area contributed by atoms with Gasteiger partial charge in [-0.3, -0.25) is 14.5 Å². The summed E-state index contributed by atoms with van der Waals surface area (Å²) in [6.07, 6.45) is 4.37. The molecule has 1 aliphatic rings. The van der Waals surface area contributed by atoms with E-state index in [9.17, 15) is 9.59 Å². The van der Waals surface area contributed by atoms with Gasteiger partial charge in [0.05, 0.1) is 5.39 Å². The highest BCUT2D eigenvalue weighted by Crippen LogP contribution is 2.12. The van der Waals surface area contributed by atoms with Gasteiger partial charge in [-0.2, -0.15) is 5.10 Å². The van der Waals surface area contributed by atoms with Crippen LogP contribution < -0.4 is 15.8 Å². The average Bonchev–Trinajstić information content (AvgIpc) is 2.78. The van der Waals surface area contributed by atoms with Gasteiger partial charge in [0.1, 0.15) is 0 Å². The van der Waals surface area contributed by atoms with Crippen LogP contribution in [-0.2, 0) is 0 Å². The molecule has 3 aromatic rings. The summed E-state index contributed by atoms with van der Waals surface area (Å²) in [6, 6.07) is 8.80. The van der Waals surface area contributed by atoms with E-state index in [1.165, 1.54) is 0 Å². The number of nitrogens with zero attached hydrogens (tertiary/aromatic N) is 5. The van der Waals surface area contributed by atoms with E-state index in [2.05, 4.69) is 35.3 Å². The van der Waals surface area contributed by atoms with Crippen LogP contribution in [-0.4, -0.2) is 70.2 Å². The Morgan fingerprint density at radius 3 is 2.52 bits per heavy atom. The van der Waals surface area contributed by atoms with Crippen molar-refractivity contribution in [2.75, 3.05) is 44.2 Å². The Kier molecular flexibility index (Phi) is 5.76. The van der Waals surface area contributed by atoms with Crippen molar-refractivity contribution in [2.24, 2.45) is 0 Å². The Balaban J connectivity index is 1.24. The smallest absolute Gasteiger partial charge is 0.272 e. The minimum absolute atomic E-state index is 0.247. The first kappa shape index (κ1) is 19.0. The van der Waals surface area contributed by atoms with Gasteiger partial charge in [-0.15, -0.1) is 0 Å². The summed E-state index contributed by atoms with van der Waals surface area (Å²) in [5, 5.41) is 10.3. The molecule has 0 unspecified atom stereocenters. The van der Waals surface area contributed by atoms with Gasteiger partial charge in [0.2, 0.25) is 5.95 Å². The molecular formula is C20H23N7O2. The zero-order valence-corrected chi connectivity index (χ0v) is 16.0. The second kappa shape index (κ2) is 8.78. The van der Waals surface area contributed by atoms with Crippen molar-refractivity contribution in [2.45, 2.75) is 6.42 Å². The van der Waals surface area contributed by atoms with E-state index in [1.54, 1.807) is 36.7 Å². The number of anilines is 1. The third kappa shape index (κ3) is 4.40. The maximum Gasteiger partial charge on any atom is 0.272 e. The quantitative estimate of drug-likeness (QED) is 0.592. The van der Waals surface area contributed by atoms with Gasteiger partial charge < -0.3 is 10.2 Å². The molecule has 0 radical (unpaired) electrons. The maximum absolute atomic E-state index is 12.5. The highest BCUT2D eigenvalue weighted by molar-refractivity contribution is 6.04. The molecule has 1 aromatic carbocycles. The lowest BCUT2D eigenvalue weighted by Crippen LogP contribution is -2.47. The monoisotopic (exact) mass is 393 g/mol. The summed E-state index contributed by atoms with van der Waals surface area (Å²) in [5.41, 5.74) is -0.0473. The molecule has 1 amide bonds. The number of rotatable bonds is 6. The number of carbonyl (C=O) groups excluding carboxylic acids is 1. The second-order valence-electron chi connectivity index (χ2n) is 6.93. The number of fused-ring (bicyclic) bond motifs is 1. The number of carbonyl (C=O) groups is 1. The fourth-order valence-electron chi connectivity index (χ4n) is 3.50. The van der Waals surface area contributed by atoms with E-state index < -0.39 is 0 Å². The minimum Gasteiger partial charge on any atom is -0.351 e. The summed E-state index contributed by atoms with van der Waals surface area (Å²) in [4.78, 5) is 37.5. The lowest BCUT2D eigenvalue weighted by molar-refractivity contribution is 0.0947. The highest BCUT2D eigenvalue weighted by atomic mass is 16.2. The first-order chi connectivity index (χ1) is 14.2. The van der Waals surface area contributed by atoms with E-state index >= 15 is 0 Å². The average molecular weight is 393 g/mol. The van der Waals surface area contributed by atoms with E-state index in [1.807, 2.05) is 6.07 Å². The lowest BCUT2D eigenvalue weighted by atomic mass is 10.1. The normalized spacial score (nSPS) is 14.8. The Labute approximate surface area is 167 Å². The number of aromatic amines is 1. The van der Waals surface area contributed by atoms with Gasteiger partial charge in [-0.1, -0.05) is 18.2 Å². The molecule has 150 valence electrons. The van der Waals surface area contributed by atoms with Crippen LogP contribution in [0.3, 0.4) is 0 Å². The number of aromatic nitrogens is 4. The fraction of sp³-hybridized carbons (Fsp3) is 0.350. The first-order valence-electron chi connectivity index (χ1n) is 9.72. The number of benzene rings is 1. The molecule has 0 aliphatic carbocycles. The molecule has 29 heavy (non-hydrogen) atoms. The predicted octanol–water partition coefficient (Wildman–Crippen LogP) is 0.655. The van der Waals surface area contributed by atoms with Crippen LogP contribution in [0.4, 0.5) is 5.95 Å². The number of H-pyrrole nitrogens is 1. The number of hydrogen-bond acceptors (Lipinski definition) is 7. The van der Waals surface area contributed by atoms with Crippen molar-refractivity contribution in [3.05, 3.63) is 58.8 Å².